The number of fused-ring (bicyclic) bond motifs is 1. The van der Waals surface area contributed by atoms with E-state index < -0.39 is 11.7 Å². The molecule has 32 heavy (non-hydrogen) atoms. The van der Waals surface area contributed by atoms with Crippen LogP contribution < -0.4 is 10.2 Å². The summed E-state index contributed by atoms with van der Waals surface area (Å²) in [7, 11) is 0. The Kier molecular flexibility index (Phi) is 5.14. The van der Waals surface area contributed by atoms with Gasteiger partial charge in [0.15, 0.2) is 0 Å². The van der Waals surface area contributed by atoms with E-state index in [1.807, 2.05) is 12.1 Å². The highest BCUT2D eigenvalue weighted by Gasteiger charge is 2.30. The molecule has 0 amide bonds. The largest absolute Gasteiger partial charge is 0.416 e. The van der Waals surface area contributed by atoms with E-state index >= 15 is 0 Å². The van der Waals surface area contributed by atoms with E-state index in [0.29, 0.717) is 47.3 Å². The number of ether oxygens (including phenoxy) is 1. The van der Waals surface area contributed by atoms with Crippen LogP contribution in [0.5, 0.6) is 0 Å². The summed E-state index contributed by atoms with van der Waals surface area (Å²) in [6, 6.07) is 10.6. The van der Waals surface area contributed by atoms with Crippen molar-refractivity contribution in [2.75, 3.05) is 36.5 Å². The minimum atomic E-state index is -4.41. The summed E-state index contributed by atoms with van der Waals surface area (Å²) in [4.78, 5) is 18.5. The lowest BCUT2D eigenvalue weighted by atomic mass is 10.1. The molecule has 0 unspecified atom stereocenters. The zero-order chi connectivity index (χ0) is 22.1. The highest BCUT2D eigenvalue weighted by molar-refractivity contribution is 5.81. The molecule has 0 spiro atoms. The van der Waals surface area contributed by atoms with Gasteiger partial charge in [-0.1, -0.05) is 12.1 Å². The highest BCUT2D eigenvalue weighted by Crippen LogP contribution is 2.32. The van der Waals surface area contributed by atoms with Gasteiger partial charge in [-0.05, 0) is 24.3 Å². The average molecular weight is 440 g/mol. The maximum absolute atomic E-state index is 13.0. The Labute approximate surface area is 181 Å². The van der Waals surface area contributed by atoms with Crippen LogP contribution in [0.2, 0.25) is 0 Å². The van der Waals surface area contributed by atoms with Gasteiger partial charge in [0.05, 0.1) is 47.9 Å². The Morgan fingerprint density at radius 2 is 1.78 bits per heavy atom. The molecule has 0 saturated carbocycles. The molecule has 1 aromatic carbocycles. The van der Waals surface area contributed by atoms with Crippen molar-refractivity contribution in [1.82, 2.24) is 19.9 Å². The van der Waals surface area contributed by atoms with Crippen molar-refractivity contribution in [1.29, 1.82) is 0 Å². The first-order chi connectivity index (χ1) is 15.5. The van der Waals surface area contributed by atoms with Gasteiger partial charge in [-0.15, -0.1) is 0 Å². The number of halogens is 3. The summed E-state index contributed by atoms with van der Waals surface area (Å²) in [6.45, 7) is 3.08. The molecule has 0 bridgehead atoms. The molecule has 1 fully saturated rings. The van der Waals surface area contributed by atoms with E-state index in [4.69, 9.17) is 4.74 Å². The number of nitrogens with one attached hydrogen (secondary N) is 2. The van der Waals surface area contributed by atoms with Crippen molar-refractivity contribution >= 4 is 28.4 Å². The molecule has 3 aromatic heterocycles. The first-order valence-corrected chi connectivity index (χ1v) is 10.0. The van der Waals surface area contributed by atoms with Crippen LogP contribution in [-0.2, 0) is 10.9 Å². The van der Waals surface area contributed by atoms with Gasteiger partial charge in [0.25, 0.3) is 0 Å². The van der Waals surface area contributed by atoms with Gasteiger partial charge in [0.2, 0.25) is 0 Å². The summed E-state index contributed by atoms with van der Waals surface area (Å²) in [5.74, 6) is 1.51. The Balaban J connectivity index is 1.35. The summed E-state index contributed by atoms with van der Waals surface area (Å²) in [5.41, 5.74) is 1.87. The number of rotatable bonds is 4. The molecule has 0 aliphatic carbocycles. The van der Waals surface area contributed by atoms with Crippen molar-refractivity contribution in [3.8, 4) is 11.4 Å². The molecular weight excluding hydrogens is 421 g/mol. The molecule has 2 N–H and O–H groups in total. The number of pyridine rings is 2. The van der Waals surface area contributed by atoms with E-state index in [9.17, 15) is 13.2 Å². The number of benzene rings is 1. The molecule has 7 nitrogen and oxygen atoms in total. The molecule has 5 rings (SSSR count). The second-order valence-electron chi connectivity index (χ2n) is 7.38. The van der Waals surface area contributed by atoms with Crippen molar-refractivity contribution in [3.05, 3.63) is 60.4 Å². The normalized spacial score (nSPS) is 14.7. The Morgan fingerprint density at radius 1 is 0.969 bits per heavy atom. The SMILES string of the molecule is FC(F)(F)c1cccc(-c2nc3cc(Nc4ccc(N5CCOCC5)cn4)ncc3[nH]2)c1. The van der Waals surface area contributed by atoms with Crippen molar-refractivity contribution in [2.24, 2.45) is 0 Å². The van der Waals surface area contributed by atoms with Crippen LogP contribution in [0.4, 0.5) is 30.5 Å². The maximum atomic E-state index is 13.0. The standard InChI is InChI=1S/C22H19F3N6O/c23-22(24,25)15-3-1-2-14(10-15)21-28-17-11-20(27-13-18(17)29-21)30-19-5-4-16(12-26-19)31-6-8-32-9-7-31/h1-5,10-13H,6-9H2,(H,28,29)(H,26,27,30). The Bertz CT molecular complexity index is 1230. The van der Waals surface area contributed by atoms with Crippen molar-refractivity contribution in [3.63, 3.8) is 0 Å². The van der Waals surface area contributed by atoms with Gasteiger partial charge in [0, 0.05) is 24.7 Å². The number of nitrogens with zero attached hydrogens (tertiary/aromatic N) is 4. The second kappa shape index (κ2) is 8.12. The Hall–Kier alpha value is -3.66. The van der Waals surface area contributed by atoms with Crippen LogP contribution in [-0.4, -0.2) is 46.2 Å². The van der Waals surface area contributed by atoms with Crippen LogP contribution in [0.25, 0.3) is 22.4 Å². The maximum Gasteiger partial charge on any atom is 0.416 e. The summed E-state index contributed by atoms with van der Waals surface area (Å²) in [6.07, 6.45) is -1.03. The lowest BCUT2D eigenvalue weighted by Gasteiger charge is -2.28. The molecule has 1 aliphatic rings. The molecule has 0 radical (unpaired) electrons. The van der Waals surface area contributed by atoms with Gasteiger partial charge >= 0.3 is 6.18 Å². The van der Waals surface area contributed by atoms with E-state index in [1.54, 1.807) is 24.5 Å². The van der Waals surface area contributed by atoms with Crippen molar-refractivity contribution < 1.29 is 17.9 Å². The van der Waals surface area contributed by atoms with Gasteiger partial charge in [-0.25, -0.2) is 15.0 Å². The minimum absolute atomic E-state index is 0.345. The molecule has 1 saturated heterocycles. The van der Waals surface area contributed by atoms with Gasteiger partial charge in [-0.2, -0.15) is 13.2 Å². The third-order valence-electron chi connectivity index (χ3n) is 5.21. The van der Waals surface area contributed by atoms with Crippen LogP contribution in [0.1, 0.15) is 5.56 Å². The van der Waals surface area contributed by atoms with Crippen LogP contribution in [0, 0.1) is 0 Å². The monoisotopic (exact) mass is 440 g/mol. The Morgan fingerprint density at radius 3 is 2.53 bits per heavy atom. The number of hydrogen-bond donors (Lipinski definition) is 2. The average Bonchev–Trinajstić information content (AvgIpc) is 3.23. The number of anilines is 3. The predicted octanol–water partition coefficient (Wildman–Crippen LogP) is 4.62. The van der Waals surface area contributed by atoms with Crippen LogP contribution >= 0.6 is 0 Å². The van der Waals surface area contributed by atoms with Gasteiger partial charge < -0.3 is 19.9 Å². The molecule has 10 heteroatoms. The zero-order valence-corrected chi connectivity index (χ0v) is 16.9. The van der Waals surface area contributed by atoms with E-state index in [1.165, 1.54) is 6.07 Å². The number of imidazole rings is 1. The number of morpholine rings is 1. The van der Waals surface area contributed by atoms with E-state index in [-0.39, 0.29) is 0 Å². The lowest BCUT2D eigenvalue weighted by molar-refractivity contribution is -0.137. The number of alkyl halides is 3. The molecule has 4 heterocycles. The van der Waals surface area contributed by atoms with E-state index in [0.717, 1.165) is 30.9 Å². The summed E-state index contributed by atoms with van der Waals surface area (Å²) < 4.78 is 44.4. The molecular formula is C22H19F3N6O. The number of aromatic nitrogens is 4. The highest BCUT2D eigenvalue weighted by atomic mass is 19.4. The first-order valence-electron chi connectivity index (χ1n) is 10.0. The molecule has 0 atom stereocenters. The third-order valence-corrected chi connectivity index (χ3v) is 5.21. The van der Waals surface area contributed by atoms with Crippen LogP contribution in [0.15, 0.2) is 54.9 Å². The fourth-order valence-corrected chi connectivity index (χ4v) is 3.56. The fourth-order valence-electron chi connectivity index (χ4n) is 3.56. The van der Waals surface area contributed by atoms with Crippen LogP contribution in [0.3, 0.4) is 0 Å². The zero-order valence-electron chi connectivity index (χ0n) is 16.9. The first kappa shape index (κ1) is 20.3. The summed E-state index contributed by atoms with van der Waals surface area (Å²) >= 11 is 0. The smallest absolute Gasteiger partial charge is 0.378 e. The minimum Gasteiger partial charge on any atom is -0.378 e. The quantitative estimate of drug-likeness (QED) is 0.482. The van der Waals surface area contributed by atoms with Gasteiger partial charge in [0.1, 0.15) is 17.5 Å². The van der Waals surface area contributed by atoms with Crippen molar-refractivity contribution in [2.45, 2.75) is 6.18 Å². The number of hydrogen-bond acceptors (Lipinski definition) is 6. The second-order valence-corrected chi connectivity index (χ2v) is 7.38. The molecule has 164 valence electrons. The fraction of sp³-hybridized carbons (Fsp3) is 0.227. The topological polar surface area (TPSA) is 79.0 Å². The number of aromatic amines is 1. The summed E-state index contributed by atoms with van der Waals surface area (Å²) in [5, 5.41) is 3.14. The molecule has 4 aromatic rings. The third kappa shape index (κ3) is 4.22. The number of H-pyrrole nitrogens is 1. The lowest BCUT2D eigenvalue weighted by Crippen LogP contribution is -2.36. The molecule has 1 aliphatic heterocycles. The predicted molar refractivity (Wildman–Crippen MR) is 115 cm³/mol. The van der Waals surface area contributed by atoms with Gasteiger partial charge in [-0.3, -0.25) is 0 Å². The van der Waals surface area contributed by atoms with E-state index in [2.05, 4.69) is 30.2 Å².